The molecule has 3 aromatic rings. The lowest BCUT2D eigenvalue weighted by Gasteiger charge is -2.29. The Hall–Kier alpha value is -2.88. The van der Waals surface area contributed by atoms with Crippen LogP contribution >= 0.6 is 11.6 Å². The van der Waals surface area contributed by atoms with Gasteiger partial charge < -0.3 is 5.32 Å². The van der Waals surface area contributed by atoms with Crippen molar-refractivity contribution in [2.45, 2.75) is 56.5 Å². The van der Waals surface area contributed by atoms with Crippen molar-refractivity contribution in [1.29, 1.82) is 0 Å². The largest absolute Gasteiger partial charge is 0.349 e. The number of pyridine rings is 2. The smallest absolute Gasteiger partial charge is 0.242 e. The average Bonchev–Trinajstić information content (AvgIpc) is 2.85. The Labute approximate surface area is 215 Å². The summed E-state index contributed by atoms with van der Waals surface area (Å²) >= 11 is 6.35. The second-order valence-corrected chi connectivity index (χ2v) is 11.3. The first-order valence-electron chi connectivity index (χ1n) is 11.8. The van der Waals surface area contributed by atoms with E-state index < -0.39 is 10.0 Å². The van der Waals surface area contributed by atoms with Gasteiger partial charge in [0.05, 0.1) is 16.8 Å². The second-order valence-electron chi connectivity index (χ2n) is 9.14. The molecule has 0 aliphatic heterocycles. The van der Waals surface area contributed by atoms with E-state index in [0.29, 0.717) is 36.9 Å². The molecule has 2 aromatic heterocycles. The molecule has 36 heavy (non-hydrogen) atoms. The van der Waals surface area contributed by atoms with Gasteiger partial charge in [-0.25, -0.2) is 17.5 Å². The van der Waals surface area contributed by atoms with Crippen LogP contribution in [-0.2, 0) is 14.8 Å². The number of hydrogen-bond donors (Lipinski definition) is 2. The monoisotopic (exact) mass is 530 g/mol. The van der Waals surface area contributed by atoms with Gasteiger partial charge >= 0.3 is 0 Å². The zero-order valence-corrected chi connectivity index (χ0v) is 21.6. The number of sulfonamides is 1. The van der Waals surface area contributed by atoms with Crippen molar-refractivity contribution >= 4 is 27.5 Å². The third-order valence-electron chi connectivity index (χ3n) is 6.46. The van der Waals surface area contributed by atoms with E-state index >= 15 is 0 Å². The van der Waals surface area contributed by atoms with Crippen LogP contribution in [0.25, 0.3) is 11.3 Å². The van der Waals surface area contributed by atoms with E-state index in [4.69, 9.17) is 11.6 Å². The summed E-state index contributed by atoms with van der Waals surface area (Å²) in [5, 5.41) is 3.20. The Morgan fingerprint density at radius 3 is 2.36 bits per heavy atom. The molecule has 10 heteroatoms. The number of nitrogens with zero attached hydrogens (tertiary/aromatic N) is 2. The van der Waals surface area contributed by atoms with E-state index in [2.05, 4.69) is 20.0 Å². The molecule has 1 aliphatic carbocycles. The number of hydrogen-bond acceptors (Lipinski definition) is 5. The number of rotatable bonds is 7. The Balaban J connectivity index is 1.33. The topological polar surface area (TPSA) is 101 Å². The lowest BCUT2D eigenvalue weighted by atomic mass is 9.85. The fourth-order valence-corrected chi connectivity index (χ4v) is 5.93. The number of carbonyl (C=O) groups excluding carboxylic acids is 1. The number of halogens is 2. The predicted octanol–water partition coefficient (Wildman–Crippen LogP) is 4.96. The van der Waals surface area contributed by atoms with Crippen LogP contribution in [0.15, 0.2) is 59.8 Å². The van der Waals surface area contributed by atoms with Gasteiger partial charge in [0.25, 0.3) is 0 Å². The minimum absolute atomic E-state index is 0.00990. The SMILES string of the molecule is Cc1ccc(-c2ncc(S(=O)(=O)N[C@H]3CC[C@H](C(=O)N[C@H](C)c4ccc(F)cc4)CC3)cc2Cl)cn1. The Kier molecular flexibility index (Phi) is 8.02. The van der Waals surface area contributed by atoms with Gasteiger partial charge in [-0.15, -0.1) is 0 Å². The summed E-state index contributed by atoms with van der Waals surface area (Å²) in [5.41, 5.74) is 2.84. The van der Waals surface area contributed by atoms with Crippen molar-refractivity contribution < 1.29 is 17.6 Å². The maximum atomic E-state index is 13.1. The molecule has 0 saturated heterocycles. The lowest BCUT2D eigenvalue weighted by Crippen LogP contribution is -2.41. The highest BCUT2D eigenvalue weighted by Crippen LogP contribution is 2.29. The van der Waals surface area contributed by atoms with Crippen molar-refractivity contribution in [2.75, 3.05) is 0 Å². The van der Waals surface area contributed by atoms with Crippen LogP contribution in [0.4, 0.5) is 4.39 Å². The summed E-state index contributed by atoms with van der Waals surface area (Å²) in [6.07, 6.45) is 5.14. The molecule has 7 nitrogen and oxygen atoms in total. The van der Waals surface area contributed by atoms with Crippen LogP contribution in [0.5, 0.6) is 0 Å². The van der Waals surface area contributed by atoms with Crippen LogP contribution < -0.4 is 10.0 Å². The summed E-state index contributed by atoms with van der Waals surface area (Å²) in [5.74, 6) is -0.604. The first-order valence-corrected chi connectivity index (χ1v) is 13.7. The second kappa shape index (κ2) is 11.0. The molecule has 190 valence electrons. The van der Waals surface area contributed by atoms with E-state index in [1.54, 1.807) is 18.3 Å². The standard InChI is InChI=1S/C26H28ClFN4O3S/c1-16-3-4-20(14-29-16)25-24(27)13-23(15-30-25)36(34,35)32-22-11-7-19(8-12-22)26(33)31-17(2)18-5-9-21(28)10-6-18/h3-6,9-10,13-15,17,19,22,32H,7-8,11-12H2,1-2H3,(H,31,33)/t17-,19-,22-/m1/s1. The molecule has 4 rings (SSSR count). The molecule has 0 radical (unpaired) electrons. The van der Waals surface area contributed by atoms with E-state index in [1.807, 2.05) is 26.0 Å². The molecule has 0 bridgehead atoms. The fourth-order valence-electron chi connectivity index (χ4n) is 4.31. The molecular formula is C26H28ClFN4O3S. The number of aryl methyl sites for hydroxylation is 1. The zero-order valence-electron chi connectivity index (χ0n) is 20.0. The molecule has 1 aliphatic rings. The third-order valence-corrected chi connectivity index (χ3v) is 8.24. The van der Waals surface area contributed by atoms with Crippen LogP contribution in [-0.4, -0.2) is 30.3 Å². The maximum absolute atomic E-state index is 13.1. The molecule has 2 N–H and O–H groups in total. The van der Waals surface area contributed by atoms with Gasteiger partial charge in [-0.1, -0.05) is 23.7 Å². The normalized spacial score (nSPS) is 19.0. The summed E-state index contributed by atoms with van der Waals surface area (Å²) in [6.45, 7) is 3.72. The number of amides is 1. The first-order chi connectivity index (χ1) is 17.1. The molecule has 1 aromatic carbocycles. The van der Waals surface area contributed by atoms with Crippen molar-refractivity contribution in [3.05, 3.63) is 77.0 Å². The van der Waals surface area contributed by atoms with Crippen LogP contribution in [0, 0.1) is 18.7 Å². The summed E-state index contributed by atoms with van der Waals surface area (Å²) < 4.78 is 41.8. The van der Waals surface area contributed by atoms with Crippen LogP contribution in [0.2, 0.25) is 5.02 Å². The van der Waals surface area contributed by atoms with E-state index in [0.717, 1.165) is 11.3 Å². The minimum Gasteiger partial charge on any atom is -0.349 e. The van der Waals surface area contributed by atoms with Gasteiger partial charge in [0.2, 0.25) is 15.9 Å². The van der Waals surface area contributed by atoms with Gasteiger partial charge in [0, 0.05) is 35.6 Å². The quantitative estimate of drug-likeness (QED) is 0.449. The molecule has 1 amide bonds. The molecular weight excluding hydrogens is 503 g/mol. The summed E-state index contributed by atoms with van der Waals surface area (Å²) in [6, 6.07) is 10.6. The predicted molar refractivity (Wildman–Crippen MR) is 136 cm³/mol. The Morgan fingerprint density at radius 2 is 1.75 bits per heavy atom. The summed E-state index contributed by atoms with van der Waals surface area (Å²) in [4.78, 5) is 21.2. The first kappa shape index (κ1) is 26.2. The number of carbonyl (C=O) groups is 1. The highest BCUT2D eigenvalue weighted by molar-refractivity contribution is 7.89. The Morgan fingerprint density at radius 1 is 1.06 bits per heavy atom. The molecule has 1 atom stereocenters. The summed E-state index contributed by atoms with van der Waals surface area (Å²) in [7, 11) is -3.83. The number of benzene rings is 1. The molecule has 0 unspecified atom stereocenters. The maximum Gasteiger partial charge on any atom is 0.242 e. The van der Waals surface area contributed by atoms with Gasteiger partial charge in [0.1, 0.15) is 10.7 Å². The van der Waals surface area contributed by atoms with Crippen molar-refractivity contribution in [1.82, 2.24) is 20.0 Å². The minimum atomic E-state index is -3.83. The number of aromatic nitrogens is 2. The van der Waals surface area contributed by atoms with Gasteiger partial charge in [-0.2, -0.15) is 0 Å². The highest BCUT2D eigenvalue weighted by Gasteiger charge is 2.30. The molecule has 2 heterocycles. The third kappa shape index (κ3) is 6.27. The van der Waals surface area contributed by atoms with E-state index in [9.17, 15) is 17.6 Å². The van der Waals surface area contributed by atoms with Crippen molar-refractivity contribution in [3.63, 3.8) is 0 Å². The zero-order chi connectivity index (χ0) is 25.9. The van der Waals surface area contributed by atoms with Gasteiger partial charge in [-0.05, 0) is 75.4 Å². The van der Waals surface area contributed by atoms with Gasteiger partial charge in [0.15, 0.2) is 0 Å². The van der Waals surface area contributed by atoms with Gasteiger partial charge in [-0.3, -0.25) is 14.8 Å². The van der Waals surface area contributed by atoms with Crippen LogP contribution in [0.1, 0.15) is 49.9 Å². The molecule has 0 spiro atoms. The fraction of sp³-hybridized carbons (Fsp3) is 0.346. The van der Waals surface area contributed by atoms with Crippen molar-refractivity contribution in [3.8, 4) is 11.3 Å². The van der Waals surface area contributed by atoms with Crippen molar-refractivity contribution in [2.24, 2.45) is 5.92 Å². The highest BCUT2D eigenvalue weighted by atomic mass is 35.5. The van der Waals surface area contributed by atoms with Crippen LogP contribution in [0.3, 0.4) is 0 Å². The molecule has 1 fully saturated rings. The Bertz CT molecular complexity index is 1330. The van der Waals surface area contributed by atoms with E-state index in [1.165, 1.54) is 24.4 Å². The average molecular weight is 531 g/mol. The molecule has 1 saturated carbocycles. The van der Waals surface area contributed by atoms with E-state index in [-0.39, 0.29) is 39.6 Å². The number of nitrogens with one attached hydrogen (secondary N) is 2. The lowest BCUT2D eigenvalue weighted by molar-refractivity contribution is -0.126.